The zero-order valence-electron chi connectivity index (χ0n) is 10.2. The molecular weight excluding hydrogens is 274 g/mol. The lowest BCUT2D eigenvalue weighted by Gasteiger charge is -2.22. The minimum Gasteiger partial charge on any atom is -0.394 e. The van der Waals surface area contributed by atoms with Gasteiger partial charge in [-0.15, -0.1) is 5.10 Å². The van der Waals surface area contributed by atoms with E-state index in [2.05, 4.69) is 10.1 Å². The van der Waals surface area contributed by atoms with Gasteiger partial charge in [0.05, 0.1) is 18.9 Å². The number of rotatable bonds is 2. The molecular formula is C11H12F2N4O3. The van der Waals surface area contributed by atoms with Crippen molar-refractivity contribution in [2.45, 2.75) is 17.9 Å². The first kappa shape index (κ1) is 13.2. The van der Waals surface area contributed by atoms with Gasteiger partial charge < -0.3 is 20.7 Å². The molecule has 108 valence electrons. The molecule has 3 rings (SSSR count). The molecule has 3 heterocycles. The third-order valence-electron chi connectivity index (χ3n) is 3.45. The number of ether oxygens (including phenoxy) is 1. The minimum atomic E-state index is -2.31. The van der Waals surface area contributed by atoms with Crippen molar-refractivity contribution in [3.05, 3.63) is 23.9 Å². The summed E-state index contributed by atoms with van der Waals surface area (Å²) in [5, 5.41) is 22.4. The third kappa shape index (κ3) is 1.67. The van der Waals surface area contributed by atoms with Crippen LogP contribution in [0.3, 0.4) is 0 Å². The normalized spacial score (nSPS) is 30.2. The van der Waals surface area contributed by atoms with Gasteiger partial charge in [-0.2, -0.15) is 9.37 Å². The van der Waals surface area contributed by atoms with Crippen LogP contribution in [0.4, 0.5) is 14.6 Å². The van der Waals surface area contributed by atoms with Crippen molar-refractivity contribution < 1.29 is 23.7 Å². The van der Waals surface area contributed by atoms with E-state index in [0.29, 0.717) is 0 Å². The maximum absolute atomic E-state index is 15.0. The van der Waals surface area contributed by atoms with Crippen molar-refractivity contribution in [1.82, 2.24) is 14.6 Å². The summed E-state index contributed by atoms with van der Waals surface area (Å²) in [6, 6.07) is 2.75. The smallest absolute Gasteiger partial charge is 0.327 e. The molecule has 0 aliphatic carbocycles. The van der Waals surface area contributed by atoms with E-state index in [9.17, 15) is 13.9 Å². The van der Waals surface area contributed by atoms with Crippen molar-refractivity contribution in [3.8, 4) is 0 Å². The largest absolute Gasteiger partial charge is 0.394 e. The summed E-state index contributed by atoms with van der Waals surface area (Å²) in [6.45, 7) is -1.00. The number of hydrogen-bond acceptors (Lipinski definition) is 6. The van der Waals surface area contributed by atoms with E-state index in [1.165, 1.54) is 12.1 Å². The summed E-state index contributed by atoms with van der Waals surface area (Å²) >= 11 is 0. The number of alkyl halides is 1. The Labute approximate surface area is 111 Å². The molecule has 0 bridgehead atoms. The van der Waals surface area contributed by atoms with Gasteiger partial charge in [0.15, 0.2) is 5.82 Å². The summed E-state index contributed by atoms with van der Waals surface area (Å²) in [7, 11) is 0. The maximum Gasteiger partial charge on any atom is 0.327 e. The van der Waals surface area contributed by atoms with Gasteiger partial charge in [0.25, 0.3) is 0 Å². The van der Waals surface area contributed by atoms with Crippen molar-refractivity contribution in [1.29, 1.82) is 0 Å². The van der Waals surface area contributed by atoms with E-state index in [-0.39, 0.29) is 17.0 Å². The minimum absolute atomic E-state index is 0.107. The number of nitrogens with two attached hydrogens (primary N) is 1. The fourth-order valence-corrected chi connectivity index (χ4v) is 2.38. The van der Waals surface area contributed by atoms with Gasteiger partial charge >= 0.3 is 6.08 Å². The van der Waals surface area contributed by atoms with Crippen LogP contribution in [-0.4, -0.2) is 50.2 Å². The van der Waals surface area contributed by atoms with Crippen LogP contribution in [0, 0.1) is 6.08 Å². The van der Waals surface area contributed by atoms with Gasteiger partial charge in [-0.25, -0.2) is 8.91 Å². The lowest BCUT2D eigenvalue weighted by molar-refractivity contribution is -0.0168. The second kappa shape index (κ2) is 4.33. The molecule has 0 aromatic carbocycles. The van der Waals surface area contributed by atoms with Gasteiger partial charge in [-0.1, -0.05) is 0 Å². The Balaban J connectivity index is 2.15. The number of halogens is 2. The molecule has 4 N–H and O–H groups in total. The van der Waals surface area contributed by atoms with Crippen LogP contribution >= 0.6 is 0 Å². The highest BCUT2D eigenvalue weighted by molar-refractivity contribution is 5.65. The number of aliphatic hydroxyl groups excluding tert-OH is 2. The molecule has 1 saturated heterocycles. The number of anilines is 1. The Morgan fingerprint density at radius 1 is 1.55 bits per heavy atom. The molecule has 0 amide bonds. The number of nitrogens with zero attached hydrogens (tertiary/aromatic N) is 3. The predicted octanol–water partition coefficient (Wildman–Crippen LogP) is -0.633. The molecule has 1 aliphatic heterocycles. The quantitative estimate of drug-likeness (QED) is 0.678. The Bertz CT molecular complexity index is 664. The van der Waals surface area contributed by atoms with E-state index < -0.39 is 37.2 Å². The molecule has 9 heteroatoms. The van der Waals surface area contributed by atoms with E-state index >= 15 is 0 Å². The van der Waals surface area contributed by atoms with Crippen LogP contribution in [0.5, 0.6) is 0 Å². The molecule has 0 unspecified atom stereocenters. The summed E-state index contributed by atoms with van der Waals surface area (Å²) < 4.78 is 34.2. The number of nitrogen functional groups attached to an aromatic ring is 1. The third-order valence-corrected chi connectivity index (χ3v) is 3.45. The van der Waals surface area contributed by atoms with Crippen molar-refractivity contribution in [2.75, 3.05) is 18.9 Å². The van der Waals surface area contributed by atoms with Crippen LogP contribution in [-0.2, 0) is 10.4 Å². The van der Waals surface area contributed by atoms with Crippen molar-refractivity contribution in [3.63, 3.8) is 0 Å². The average Bonchev–Trinajstić information content (AvgIpc) is 2.94. The first-order chi connectivity index (χ1) is 9.47. The summed E-state index contributed by atoms with van der Waals surface area (Å²) in [6.07, 6.45) is -3.75. The second-order valence-corrected chi connectivity index (χ2v) is 4.62. The molecule has 0 radical (unpaired) electrons. The standard InChI is InChI=1S/C11H12F2N4O3/c12-10-15-9(14)5-1-2-7(17(5)16-10)11(13)4-20-6(3-18)8(11)19/h1-2,6,8,18-19H,3-4H2,(H2,14,15,16)/t6-,8-,11+/m1/s1. The fourth-order valence-electron chi connectivity index (χ4n) is 2.38. The molecule has 2 aromatic heterocycles. The highest BCUT2D eigenvalue weighted by atomic mass is 19.1. The highest BCUT2D eigenvalue weighted by Crippen LogP contribution is 2.39. The van der Waals surface area contributed by atoms with E-state index in [1.54, 1.807) is 0 Å². The Kier molecular flexibility index (Phi) is 2.85. The first-order valence-corrected chi connectivity index (χ1v) is 5.88. The Morgan fingerprint density at radius 3 is 2.95 bits per heavy atom. The molecule has 20 heavy (non-hydrogen) atoms. The summed E-state index contributed by atoms with van der Waals surface area (Å²) in [5.74, 6) is -0.139. The summed E-state index contributed by atoms with van der Waals surface area (Å²) in [5.41, 5.74) is 3.33. The van der Waals surface area contributed by atoms with Crippen molar-refractivity contribution >= 4 is 11.3 Å². The highest BCUT2D eigenvalue weighted by Gasteiger charge is 2.52. The average molecular weight is 286 g/mol. The molecule has 1 fully saturated rings. The molecule has 7 nitrogen and oxygen atoms in total. The van der Waals surface area contributed by atoms with Crippen LogP contribution < -0.4 is 5.73 Å². The Morgan fingerprint density at radius 2 is 2.30 bits per heavy atom. The van der Waals surface area contributed by atoms with Crippen LogP contribution in [0.25, 0.3) is 5.52 Å². The van der Waals surface area contributed by atoms with Crippen molar-refractivity contribution in [2.24, 2.45) is 0 Å². The van der Waals surface area contributed by atoms with E-state index in [4.69, 9.17) is 15.6 Å². The van der Waals surface area contributed by atoms with Gasteiger partial charge in [-0.3, -0.25) is 0 Å². The van der Waals surface area contributed by atoms with Gasteiger partial charge in [0.2, 0.25) is 5.67 Å². The zero-order chi connectivity index (χ0) is 14.5. The van der Waals surface area contributed by atoms with E-state index in [1.807, 2.05) is 0 Å². The molecule has 3 atom stereocenters. The van der Waals surface area contributed by atoms with Crippen LogP contribution in [0.15, 0.2) is 12.1 Å². The monoisotopic (exact) mass is 286 g/mol. The molecule has 0 saturated carbocycles. The predicted molar refractivity (Wildman–Crippen MR) is 63.0 cm³/mol. The molecule has 2 aromatic rings. The second-order valence-electron chi connectivity index (χ2n) is 4.62. The lowest BCUT2D eigenvalue weighted by Crippen LogP contribution is -2.40. The number of fused-ring (bicyclic) bond motifs is 1. The number of hydrogen-bond donors (Lipinski definition) is 3. The summed E-state index contributed by atoms with van der Waals surface area (Å²) in [4.78, 5) is 3.34. The van der Waals surface area contributed by atoms with Gasteiger partial charge in [0.1, 0.15) is 17.7 Å². The van der Waals surface area contributed by atoms with Gasteiger partial charge in [-0.05, 0) is 12.1 Å². The molecule has 1 aliphatic rings. The number of aliphatic hydroxyl groups is 2. The number of aromatic nitrogens is 3. The van der Waals surface area contributed by atoms with Crippen LogP contribution in [0.2, 0.25) is 0 Å². The molecule has 0 spiro atoms. The van der Waals surface area contributed by atoms with Crippen LogP contribution in [0.1, 0.15) is 5.69 Å². The zero-order valence-corrected chi connectivity index (χ0v) is 10.2. The van der Waals surface area contributed by atoms with Gasteiger partial charge in [0, 0.05) is 0 Å². The maximum atomic E-state index is 15.0. The fraction of sp³-hybridized carbons (Fsp3) is 0.455. The van der Waals surface area contributed by atoms with E-state index in [0.717, 1.165) is 4.52 Å². The Hall–Kier alpha value is -1.84. The first-order valence-electron chi connectivity index (χ1n) is 5.88. The SMILES string of the molecule is Nc1nc(F)nn2c([C@@]3(F)CO[C@H](CO)[C@H]3O)ccc12. The lowest BCUT2D eigenvalue weighted by atomic mass is 9.95. The topological polar surface area (TPSA) is 106 Å².